The molecule has 0 aliphatic carbocycles. The SMILES string of the molecule is CCC(CC)n1ccc2c(C(=O)CCc3ccc(Cl)c(C(F)(F)F)c3)cccc2c1=O.CCC(CC)n1ccc2c(I)cccc2c1=O.CCC(CC)n1ccc2c(N)cccc2c1=O.CCC(CC)n1ccc2c([N+](=O)[O-])cccc2c1=O.O=C(CCc1ccc(Cl)c(C(F)(F)F)c1)c1cccc2c(=O)n(C(CO)CO)ccc12.O=c1occc2c([N+](=O)[O-])cccc12. The van der Waals surface area contributed by atoms with Crippen LogP contribution < -0.4 is 39.2 Å². The molecule has 678 valence electrons. The number of nitrogen functional groups attached to an aromatic ring is 1. The highest BCUT2D eigenvalue weighted by Crippen LogP contribution is 2.38. The molecule has 6 aromatic heterocycles. The van der Waals surface area contributed by atoms with Gasteiger partial charge in [0.25, 0.3) is 39.2 Å². The van der Waals surface area contributed by atoms with Crippen molar-refractivity contribution in [1.82, 2.24) is 22.8 Å². The van der Waals surface area contributed by atoms with E-state index in [-0.39, 0.29) is 110 Å². The molecule has 0 fully saturated rings. The van der Waals surface area contributed by atoms with Gasteiger partial charge >= 0.3 is 18.0 Å². The number of carbonyl (C=O) groups is 2. The van der Waals surface area contributed by atoms with Gasteiger partial charge in [-0.05, 0) is 218 Å². The number of benzene rings is 8. The van der Waals surface area contributed by atoms with Gasteiger partial charge in [-0.2, -0.15) is 26.3 Å². The van der Waals surface area contributed by atoms with Crippen molar-refractivity contribution in [3.63, 3.8) is 0 Å². The first-order valence-corrected chi connectivity index (χ1v) is 43.7. The summed E-state index contributed by atoms with van der Waals surface area (Å²) >= 11 is 13.6. The molecule has 0 radical (unpaired) electrons. The number of aliphatic hydroxyl groups excluding tert-OH is 2. The minimum Gasteiger partial charge on any atom is -0.431 e. The van der Waals surface area contributed by atoms with Crippen LogP contribution in [0.4, 0.5) is 43.4 Å². The standard InChI is InChI=1S/C24H23ClF3NO2.C22H19ClF3NO4.C14H16INO.C14H16N2O3.C14H18N2O.C9H5NO4/c1-3-16(4-2)29-13-12-17-18(6-5-7-19(17)23(29)31)22(30)11-9-15-8-10-21(25)20(14-15)24(26,27)28;23-19-6-4-13(10-18(19)22(24,25)26)5-7-20(30)16-2-1-3-17-15(16)8-9-27(21(17)31)14(11-28)12-29;1-3-10(4-2)16-9-8-11-12(14(16)17)6-5-7-13(11)15;1-3-10(4-2)15-9-8-11-12(14(15)17)6-5-7-13(11)16(18)19;1-3-10(4-2)16-9-8-11-12(14(16)17)6-5-7-13(11)15;11-9-7-2-1-3-8(10(12)13)6(7)4-5-14-9/h5-8,10,12-14,16H,3-4,9,11H2,1-2H3;1-4,6,8-10,14,28-29H,5,7,11-12H2;5-10H,3-4H2,1-2H3;5-10H,3-4H2,1-2H3;5-10H,3-4,15H2,1-2H3;1-5H. The number of nitro benzene ring substituents is 2. The van der Waals surface area contributed by atoms with Crippen LogP contribution >= 0.6 is 45.8 Å². The lowest BCUT2D eigenvalue weighted by Gasteiger charge is -2.17. The van der Waals surface area contributed by atoms with Crippen LogP contribution in [0, 0.1) is 23.8 Å². The van der Waals surface area contributed by atoms with Crippen molar-refractivity contribution in [1.29, 1.82) is 0 Å². The number of hydrogen-bond acceptors (Lipinski definition) is 16. The van der Waals surface area contributed by atoms with Gasteiger partial charge in [0.2, 0.25) is 0 Å². The molecule has 0 atom stereocenters. The van der Waals surface area contributed by atoms with Gasteiger partial charge in [-0.1, -0.05) is 139 Å². The van der Waals surface area contributed by atoms with Gasteiger partial charge in [0.15, 0.2) is 11.6 Å². The number of rotatable bonds is 25. The Labute approximate surface area is 760 Å². The molecule has 6 heterocycles. The Morgan fingerprint density at radius 2 is 0.705 bits per heavy atom. The Morgan fingerprint density at radius 1 is 0.403 bits per heavy atom. The third-order valence-electron chi connectivity index (χ3n) is 22.6. The molecule has 129 heavy (non-hydrogen) atoms. The number of ketones is 2. The maximum Gasteiger partial charge on any atom is 0.417 e. The highest BCUT2D eigenvalue weighted by molar-refractivity contribution is 14.1. The number of aromatic nitrogens is 5. The highest BCUT2D eigenvalue weighted by atomic mass is 127. The fourth-order valence-electron chi connectivity index (χ4n) is 15.4. The number of nitrogens with zero attached hydrogens (tertiary/aromatic N) is 7. The smallest absolute Gasteiger partial charge is 0.417 e. The average molecular weight is 1930 g/mol. The van der Waals surface area contributed by atoms with Gasteiger partial charge in [-0.15, -0.1) is 0 Å². The number of pyridine rings is 5. The monoisotopic (exact) mass is 1920 g/mol. The van der Waals surface area contributed by atoms with Crippen molar-refractivity contribution in [2.45, 2.75) is 175 Å². The first-order valence-electron chi connectivity index (χ1n) is 41.9. The molecule has 14 rings (SSSR count). The van der Waals surface area contributed by atoms with Crippen LogP contribution in [-0.4, -0.2) is 67.7 Å². The maximum absolute atomic E-state index is 13.1. The Kier molecular flexibility index (Phi) is 35.6. The largest absolute Gasteiger partial charge is 0.431 e. The number of fused-ring (bicyclic) bond motifs is 6. The summed E-state index contributed by atoms with van der Waals surface area (Å²) in [5.41, 5.74) is 4.79. The van der Waals surface area contributed by atoms with Gasteiger partial charge in [-0.3, -0.25) is 53.8 Å². The normalized spacial score (nSPS) is 11.5. The summed E-state index contributed by atoms with van der Waals surface area (Å²) in [6.07, 6.45) is 8.02. The fraction of sp³-hybridized carbons (Fsp3) is 0.299. The molecule has 0 spiro atoms. The second-order valence-corrected chi connectivity index (χ2v) is 32.2. The summed E-state index contributed by atoms with van der Waals surface area (Å²) in [5, 5.41) is 45.9. The van der Waals surface area contributed by atoms with Crippen molar-refractivity contribution in [3.8, 4) is 0 Å². The predicted molar refractivity (Wildman–Crippen MR) is 504 cm³/mol. The molecule has 14 aromatic rings. The third-order valence-corrected chi connectivity index (χ3v) is 24.2. The van der Waals surface area contributed by atoms with Gasteiger partial charge < -0.3 is 43.2 Å². The zero-order valence-electron chi connectivity index (χ0n) is 71.9. The number of carbonyl (C=O) groups excluding carboxylic acids is 2. The van der Waals surface area contributed by atoms with Crippen LogP contribution in [0.5, 0.6) is 0 Å². The molecule has 0 aliphatic rings. The first kappa shape index (κ1) is 101. The number of Topliss-reactive ketones (excluding diaryl/α,β-unsaturated/α-hetero) is 2. The summed E-state index contributed by atoms with van der Waals surface area (Å²) in [5.74, 6) is -0.555. The second kappa shape index (κ2) is 45.7. The van der Waals surface area contributed by atoms with Crippen molar-refractivity contribution >= 4 is 139 Å². The highest BCUT2D eigenvalue weighted by Gasteiger charge is 2.35. The Bertz CT molecular complexity index is 6500. The minimum atomic E-state index is -4.59. The molecule has 0 unspecified atom stereocenters. The van der Waals surface area contributed by atoms with Crippen LogP contribution in [-0.2, 0) is 25.2 Å². The summed E-state index contributed by atoms with van der Waals surface area (Å²) in [4.78, 5) is 120. The molecule has 0 saturated carbocycles. The summed E-state index contributed by atoms with van der Waals surface area (Å²) < 4.78 is 92.3. The molecule has 0 bridgehead atoms. The van der Waals surface area contributed by atoms with E-state index in [9.17, 15) is 95.1 Å². The van der Waals surface area contributed by atoms with Crippen LogP contribution in [0.1, 0.15) is 193 Å². The lowest BCUT2D eigenvalue weighted by atomic mass is 9.97. The molecule has 8 aromatic carbocycles. The third kappa shape index (κ3) is 23.8. The minimum absolute atomic E-state index is 0.0215. The van der Waals surface area contributed by atoms with E-state index in [1.54, 1.807) is 76.1 Å². The van der Waals surface area contributed by atoms with E-state index >= 15 is 0 Å². The molecule has 0 amide bonds. The first-order chi connectivity index (χ1) is 61.5. The van der Waals surface area contributed by atoms with Gasteiger partial charge in [0, 0.05) is 133 Å². The molecule has 23 nitrogen and oxygen atoms in total. The lowest BCUT2D eigenvalue weighted by Crippen LogP contribution is -2.29. The second-order valence-electron chi connectivity index (χ2n) is 30.3. The Balaban J connectivity index is 0.000000179. The van der Waals surface area contributed by atoms with E-state index in [4.69, 9.17) is 28.9 Å². The average Bonchev–Trinajstić information content (AvgIpc) is 0.602. The number of nitro groups is 2. The van der Waals surface area contributed by atoms with Crippen molar-refractivity contribution in [2.75, 3.05) is 18.9 Å². The number of nitrogens with two attached hydrogens (primary N) is 1. The summed E-state index contributed by atoms with van der Waals surface area (Å²) in [7, 11) is 0. The molecule has 4 N–H and O–H groups in total. The number of non-ortho nitro benzene ring substituents is 2. The van der Waals surface area contributed by atoms with Gasteiger partial charge in [-0.25, -0.2) is 4.79 Å². The van der Waals surface area contributed by atoms with Gasteiger partial charge in [0.1, 0.15) is 0 Å². The number of alkyl halides is 6. The zero-order valence-corrected chi connectivity index (χ0v) is 75.6. The Morgan fingerprint density at radius 3 is 1.07 bits per heavy atom. The summed E-state index contributed by atoms with van der Waals surface area (Å²) in [6.45, 7) is 15.7. The number of hydrogen-bond donors (Lipinski definition) is 3. The van der Waals surface area contributed by atoms with Gasteiger partial charge in [0.05, 0.1) is 78.1 Å². The Hall–Kier alpha value is -12.2. The van der Waals surface area contributed by atoms with Crippen molar-refractivity contribution in [2.24, 2.45) is 0 Å². The number of halogens is 9. The van der Waals surface area contributed by atoms with E-state index in [1.165, 1.54) is 71.4 Å². The lowest BCUT2D eigenvalue weighted by molar-refractivity contribution is -0.383. The number of aryl methyl sites for hydroxylation is 2. The number of aliphatic hydroxyl groups is 2. The van der Waals surface area contributed by atoms with Crippen LogP contribution in [0.2, 0.25) is 10.0 Å². The van der Waals surface area contributed by atoms with Crippen LogP contribution in [0.25, 0.3) is 64.6 Å². The van der Waals surface area contributed by atoms with E-state index in [0.717, 1.165) is 95.6 Å². The predicted octanol–water partition coefficient (Wildman–Crippen LogP) is 22.7. The zero-order chi connectivity index (χ0) is 94.5. The fourth-order valence-corrected chi connectivity index (χ4v) is 16.6. The maximum atomic E-state index is 13.1. The van der Waals surface area contributed by atoms with E-state index < -0.39 is 68.8 Å². The molecular weight excluding hydrogens is 1830 g/mol. The molecule has 0 aliphatic heterocycles. The quantitative estimate of drug-likeness (QED) is 0.0120. The van der Waals surface area contributed by atoms with E-state index in [0.29, 0.717) is 66.1 Å². The van der Waals surface area contributed by atoms with Crippen molar-refractivity contribution in [3.05, 3.63) is 349 Å². The van der Waals surface area contributed by atoms with Crippen LogP contribution in [0.15, 0.2) is 252 Å². The van der Waals surface area contributed by atoms with Crippen molar-refractivity contribution < 1.29 is 60.4 Å². The molecule has 0 saturated heterocycles. The molecule has 32 heteroatoms. The number of anilines is 1. The van der Waals surface area contributed by atoms with E-state index in [2.05, 4.69) is 60.8 Å². The summed E-state index contributed by atoms with van der Waals surface area (Å²) in [6, 6.07) is 47.5. The topological polar surface area (TPSA) is 327 Å². The molecular formula is C97H97Cl2F6IN8O15. The van der Waals surface area contributed by atoms with Crippen LogP contribution in [0.3, 0.4) is 0 Å². The van der Waals surface area contributed by atoms with E-state index in [1.807, 2.05) is 91.7 Å².